The second kappa shape index (κ2) is 13.4. The van der Waals surface area contributed by atoms with Crippen molar-refractivity contribution in [1.82, 2.24) is 5.32 Å². The van der Waals surface area contributed by atoms with E-state index in [1.54, 1.807) is 48.5 Å². The number of nitrogens with one attached hydrogen (secondary N) is 1. The highest BCUT2D eigenvalue weighted by atomic mass is 32.2. The lowest BCUT2D eigenvalue weighted by Crippen LogP contribution is -2.41. The first-order valence-electron chi connectivity index (χ1n) is 12.0. The zero-order valence-electron chi connectivity index (χ0n) is 21.1. The molecule has 0 heterocycles. The molecular weight excluding hydrogens is 492 g/mol. The summed E-state index contributed by atoms with van der Waals surface area (Å²) in [6.45, 7) is 6.33. The average molecular weight is 527 g/mol. The Morgan fingerprint density at radius 2 is 1.72 bits per heavy atom. The number of carbonyl (C=O) groups excluding carboxylic acids is 1. The van der Waals surface area contributed by atoms with Crippen LogP contribution in [0.5, 0.6) is 5.75 Å². The summed E-state index contributed by atoms with van der Waals surface area (Å²) in [5.41, 5.74) is 3.82. The summed E-state index contributed by atoms with van der Waals surface area (Å²) in [6.07, 6.45) is 0.794. The number of hydrogen-bond acceptors (Lipinski definition) is 5. The first-order valence-corrected chi connectivity index (χ1v) is 14.6. The maximum atomic E-state index is 13.6. The van der Waals surface area contributed by atoms with Gasteiger partial charge in [0.15, 0.2) is 0 Å². The minimum Gasteiger partial charge on any atom is -0.492 e. The van der Waals surface area contributed by atoms with E-state index in [1.807, 2.05) is 25.6 Å². The largest absolute Gasteiger partial charge is 0.492 e. The molecule has 0 atom stereocenters. The molecule has 0 saturated heterocycles. The third-order valence-electron chi connectivity index (χ3n) is 5.47. The van der Waals surface area contributed by atoms with Crippen LogP contribution in [0.4, 0.5) is 5.69 Å². The summed E-state index contributed by atoms with van der Waals surface area (Å²) < 4.78 is 34.0. The summed E-state index contributed by atoms with van der Waals surface area (Å²) in [7, 11) is -3.99. The van der Waals surface area contributed by atoms with Crippen LogP contribution in [0, 0.1) is 13.8 Å². The van der Waals surface area contributed by atoms with Crippen molar-refractivity contribution in [3.8, 4) is 5.75 Å². The van der Waals surface area contributed by atoms with Crippen LogP contribution < -0.4 is 14.4 Å². The molecular formula is C28H34N2O4S2. The first-order chi connectivity index (χ1) is 17.3. The molecule has 0 spiro atoms. The minimum atomic E-state index is -3.99. The van der Waals surface area contributed by atoms with E-state index in [1.165, 1.54) is 11.1 Å². The van der Waals surface area contributed by atoms with E-state index in [2.05, 4.69) is 36.5 Å². The van der Waals surface area contributed by atoms with Gasteiger partial charge >= 0.3 is 0 Å². The predicted octanol–water partition coefficient (Wildman–Crippen LogP) is 5.34. The first kappa shape index (κ1) is 27.6. The summed E-state index contributed by atoms with van der Waals surface area (Å²) in [6, 6.07) is 21.9. The van der Waals surface area contributed by atoms with Gasteiger partial charge < -0.3 is 10.1 Å². The molecule has 8 heteroatoms. The number of carbonyl (C=O) groups is 1. The Bertz CT molecular complexity index is 1240. The summed E-state index contributed by atoms with van der Waals surface area (Å²) in [5.74, 6) is 1.87. The number of aryl methyl sites for hydroxylation is 2. The maximum Gasteiger partial charge on any atom is 0.264 e. The zero-order chi connectivity index (χ0) is 26.0. The average Bonchev–Trinajstić information content (AvgIpc) is 2.85. The SMILES string of the molecule is CCOc1ccccc1N(CC(=O)NCCCSCc1cccc(C)c1)S(=O)(=O)c1ccc(C)cc1. The van der Waals surface area contributed by atoms with Gasteiger partial charge in [0.2, 0.25) is 5.91 Å². The quantitative estimate of drug-likeness (QED) is 0.305. The standard InChI is InChI=1S/C28H34N2O4S2/c1-4-34-27-12-6-5-11-26(27)30(36(32,33)25-15-13-22(2)14-16-25)20-28(31)29-17-8-18-35-21-24-10-7-9-23(3)19-24/h5-7,9-16,19H,4,8,17-18,20-21H2,1-3H3,(H,29,31). The molecule has 36 heavy (non-hydrogen) atoms. The van der Waals surface area contributed by atoms with Crippen LogP contribution in [0.15, 0.2) is 77.7 Å². The van der Waals surface area contributed by atoms with Gasteiger partial charge in [0.25, 0.3) is 10.0 Å². The van der Waals surface area contributed by atoms with E-state index in [0.717, 1.165) is 27.8 Å². The molecule has 192 valence electrons. The molecule has 0 bridgehead atoms. The molecule has 0 fully saturated rings. The lowest BCUT2D eigenvalue weighted by molar-refractivity contribution is -0.119. The molecule has 0 saturated carbocycles. The third kappa shape index (κ3) is 7.77. The second-order valence-electron chi connectivity index (χ2n) is 8.47. The fraction of sp³-hybridized carbons (Fsp3) is 0.321. The minimum absolute atomic E-state index is 0.125. The molecule has 3 aromatic carbocycles. The molecule has 0 aliphatic heterocycles. The van der Waals surface area contributed by atoms with Gasteiger partial charge in [-0.3, -0.25) is 9.10 Å². The Hall–Kier alpha value is -2.97. The van der Waals surface area contributed by atoms with E-state index >= 15 is 0 Å². The zero-order valence-corrected chi connectivity index (χ0v) is 22.7. The van der Waals surface area contributed by atoms with E-state index in [9.17, 15) is 13.2 Å². The lowest BCUT2D eigenvalue weighted by atomic mass is 10.2. The van der Waals surface area contributed by atoms with Crippen LogP contribution in [0.1, 0.15) is 30.0 Å². The molecule has 0 unspecified atom stereocenters. The number of sulfonamides is 1. The van der Waals surface area contributed by atoms with Gasteiger partial charge in [0.05, 0.1) is 17.2 Å². The van der Waals surface area contributed by atoms with Gasteiger partial charge in [0, 0.05) is 12.3 Å². The number of nitrogens with zero attached hydrogens (tertiary/aromatic N) is 1. The molecule has 0 aliphatic carbocycles. The van der Waals surface area contributed by atoms with Crippen LogP contribution >= 0.6 is 11.8 Å². The fourth-order valence-electron chi connectivity index (χ4n) is 3.66. The topological polar surface area (TPSA) is 75.7 Å². The van der Waals surface area contributed by atoms with Crippen molar-refractivity contribution in [3.05, 3.63) is 89.5 Å². The highest BCUT2D eigenvalue weighted by Gasteiger charge is 2.29. The molecule has 6 nitrogen and oxygen atoms in total. The summed E-state index contributed by atoms with van der Waals surface area (Å²) in [5, 5.41) is 2.88. The predicted molar refractivity (Wildman–Crippen MR) is 148 cm³/mol. The number of thioether (sulfide) groups is 1. The Morgan fingerprint density at radius 1 is 0.972 bits per heavy atom. The van der Waals surface area contributed by atoms with Crippen LogP contribution in [-0.4, -0.2) is 39.8 Å². The Balaban J connectivity index is 1.65. The molecule has 3 rings (SSSR count). The van der Waals surface area contributed by atoms with Gasteiger partial charge in [0.1, 0.15) is 12.3 Å². The smallest absolute Gasteiger partial charge is 0.264 e. The molecule has 0 radical (unpaired) electrons. The van der Waals surface area contributed by atoms with Crippen molar-refractivity contribution in [2.75, 3.05) is 29.8 Å². The Kier molecular flexibility index (Phi) is 10.3. The van der Waals surface area contributed by atoms with Gasteiger partial charge in [-0.25, -0.2) is 8.42 Å². The lowest BCUT2D eigenvalue weighted by Gasteiger charge is -2.26. The van der Waals surface area contributed by atoms with Crippen LogP contribution in [-0.2, 0) is 20.6 Å². The van der Waals surface area contributed by atoms with E-state index in [4.69, 9.17) is 4.74 Å². The number of anilines is 1. The molecule has 1 N–H and O–H groups in total. The molecule has 0 aromatic heterocycles. The summed E-state index contributed by atoms with van der Waals surface area (Å²) >= 11 is 1.81. The normalized spacial score (nSPS) is 11.2. The van der Waals surface area contributed by atoms with Crippen molar-refractivity contribution >= 4 is 33.4 Å². The molecule has 0 aliphatic rings. The van der Waals surface area contributed by atoms with Crippen molar-refractivity contribution in [1.29, 1.82) is 0 Å². The number of rotatable bonds is 13. The van der Waals surface area contributed by atoms with Gasteiger partial charge in [-0.2, -0.15) is 11.8 Å². The third-order valence-corrected chi connectivity index (χ3v) is 8.36. The van der Waals surface area contributed by atoms with Crippen molar-refractivity contribution in [2.24, 2.45) is 0 Å². The number of amides is 1. The molecule has 1 amide bonds. The monoisotopic (exact) mass is 526 g/mol. The number of hydrogen-bond donors (Lipinski definition) is 1. The Labute approximate surface area is 219 Å². The fourth-order valence-corrected chi connectivity index (χ4v) is 6.00. The summed E-state index contributed by atoms with van der Waals surface area (Å²) in [4.78, 5) is 13.0. The Morgan fingerprint density at radius 3 is 2.44 bits per heavy atom. The van der Waals surface area contributed by atoms with Crippen LogP contribution in [0.3, 0.4) is 0 Å². The highest BCUT2D eigenvalue weighted by molar-refractivity contribution is 7.98. The van der Waals surface area contributed by atoms with E-state index in [0.29, 0.717) is 24.6 Å². The van der Waals surface area contributed by atoms with Crippen molar-refractivity contribution < 1.29 is 17.9 Å². The molecule has 3 aromatic rings. The van der Waals surface area contributed by atoms with Crippen molar-refractivity contribution in [3.63, 3.8) is 0 Å². The second-order valence-corrected chi connectivity index (χ2v) is 11.4. The van der Waals surface area contributed by atoms with E-state index < -0.39 is 10.0 Å². The highest BCUT2D eigenvalue weighted by Crippen LogP contribution is 2.32. The van der Waals surface area contributed by atoms with Crippen LogP contribution in [0.2, 0.25) is 0 Å². The number of benzene rings is 3. The maximum absolute atomic E-state index is 13.6. The van der Waals surface area contributed by atoms with Gasteiger partial charge in [-0.15, -0.1) is 0 Å². The van der Waals surface area contributed by atoms with Gasteiger partial charge in [-0.05, 0) is 62.8 Å². The van der Waals surface area contributed by atoms with Gasteiger partial charge in [-0.1, -0.05) is 59.7 Å². The number of para-hydroxylation sites is 2. The number of ether oxygens (including phenoxy) is 1. The van der Waals surface area contributed by atoms with Crippen molar-refractivity contribution in [2.45, 2.75) is 37.8 Å². The van der Waals surface area contributed by atoms with E-state index in [-0.39, 0.29) is 17.3 Å². The van der Waals surface area contributed by atoms with Crippen LogP contribution in [0.25, 0.3) is 0 Å².